The van der Waals surface area contributed by atoms with Crippen molar-refractivity contribution in [3.8, 4) is 11.4 Å². The molecule has 0 spiro atoms. The molecule has 2 atom stereocenters. The van der Waals surface area contributed by atoms with Crippen molar-refractivity contribution in [1.29, 1.82) is 0 Å². The number of aliphatic hydroxyl groups excluding tert-OH is 1. The fourth-order valence-electron chi connectivity index (χ4n) is 4.40. The quantitative estimate of drug-likeness (QED) is 0.589. The Morgan fingerprint density at radius 1 is 1.30 bits per heavy atom. The predicted octanol–water partition coefficient (Wildman–Crippen LogP) is 3.03. The third-order valence-corrected chi connectivity index (χ3v) is 6.21. The molecule has 9 nitrogen and oxygen atoms in total. The van der Waals surface area contributed by atoms with Crippen LogP contribution in [-0.2, 0) is 21.7 Å². The van der Waals surface area contributed by atoms with Gasteiger partial charge < -0.3 is 30.1 Å². The number of aliphatic hydroxyl groups is 1. The Kier molecular flexibility index (Phi) is 7.11. The van der Waals surface area contributed by atoms with Gasteiger partial charge in [0, 0.05) is 36.5 Å². The standard InChI is InChI=1S/C24H33N5O4/c1-4-25-23(31)26-18-8-6-17(7-9-18)21-27-20-19(15-33-24(20,3)10-5-12-30)22(28-21)29-11-13-32-14-16(29)2/h6-9,16,30H,4-5,10-15H2,1-3H3,(H2,25,26,31). The fraction of sp³-hybridized carbons (Fsp3) is 0.542. The van der Waals surface area contributed by atoms with Crippen LogP contribution in [-0.4, -0.2) is 60.1 Å². The molecule has 1 aromatic carbocycles. The SMILES string of the molecule is CCNC(=O)Nc1ccc(-c2nc(N3CCOCC3C)c3c(n2)C(C)(CCCO)OC3)cc1. The maximum Gasteiger partial charge on any atom is 0.319 e. The van der Waals surface area contributed by atoms with Crippen molar-refractivity contribution in [3.05, 3.63) is 35.5 Å². The van der Waals surface area contributed by atoms with E-state index in [0.717, 1.165) is 29.2 Å². The number of aromatic nitrogens is 2. The van der Waals surface area contributed by atoms with E-state index in [2.05, 4.69) is 22.5 Å². The van der Waals surface area contributed by atoms with Crippen LogP contribution in [0.3, 0.4) is 0 Å². The van der Waals surface area contributed by atoms with Gasteiger partial charge >= 0.3 is 6.03 Å². The normalized spacial score (nSPS) is 22.2. The average Bonchev–Trinajstić information content (AvgIpc) is 3.15. The van der Waals surface area contributed by atoms with Crippen LogP contribution in [0.4, 0.5) is 16.3 Å². The molecule has 3 heterocycles. The highest BCUT2D eigenvalue weighted by atomic mass is 16.5. The highest BCUT2D eigenvalue weighted by Gasteiger charge is 2.40. The van der Waals surface area contributed by atoms with Crippen LogP contribution in [0.25, 0.3) is 11.4 Å². The van der Waals surface area contributed by atoms with Crippen LogP contribution < -0.4 is 15.5 Å². The minimum atomic E-state index is -0.570. The van der Waals surface area contributed by atoms with Gasteiger partial charge in [0.2, 0.25) is 0 Å². The molecule has 0 bridgehead atoms. The predicted molar refractivity (Wildman–Crippen MR) is 126 cm³/mol. The third-order valence-electron chi connectivity index (χ3n) is 6.21. The summed E-state index contributed by atoms with van der Waals surface area (Å²) in [5.74, 6) is 1.51. The summed E-state index contributed by atoms with van der Waals surface area (Å²) in [6, 6.07) is 7.48. The van der Waals surface area contributed by atoms with E-state index in [4.69, 9.17) is 19.4 Å². The van der Waals surface area contributed by atoms with Gasteiger partial charge in [-0.25, -0.2) is 14.8 Å². The molecule has 9 heteroatoms. The van der Waals surface area contributed by atoms with Crippen LogP contribution in [0.15, 0.2) is 24.3 Å². The van der Waals surface area contributed by atoms with Crippen molar-refractivity contribution < 1.29 is 19.4 Å². The lowest BCUT2D eigenvalue weighted by molar-refractivity contribution is -0.0353. The second-order valence-electron chi connectivity index (χ2n) is 8.72. The molecule has 2 amide bonds. The van der Waals surface area contributed by atoms with E-state index >= 15 is 0 Å². The zero-order chi connectivity index (χ0) is 23.4. The minimum absolute atomic E-state index is 0.111. The summed E-state index contributed by atoms with van der Waals surface area (Å²) in [4.78, 5) is 24.0. The van der Waals surface area contributed by atoms with Gasteiger partial charge in [0.05, 0.1) is 31.6 Å². The zero-order valence-electron chi connectivity index (χ0n) is 19.6. The zero-order valence-corrected chi connectivity index (χ0v) is 19.6. The number of rotatable bonds is 7. The summed E-state index contributed by atoms with van der Waals surface area (Å²) in [6.45, 7) is 9.23. The number of nitrogens with zero attached hydrogens (tertiary/aromatic N) is 3. The lowest BCUT2D eigenvalue weighted by Gasteiger charge is -2.35. The maximum absolute atomic E-state index is 11.8. The van der Waals surface area contributed by atoms with Gasteiger partial charge in [-0.15, -0.1) is 0 Å². The Morgan fingerprint density at radius 3 is 2.79 bits per heavy atom. The van der Waals surface area contributed by atoms with Crippen LogP contribution >= 0.6 is 0 Å². The molecule has 178 valence electrons. The van der Waals surface area contributed by atoms with E-state index in [1.165, 1.54) is 0 Å². The molecule has 2 aliphatic heterocycles. The number of carbonyl (C=O) groups excluding carboxylic acids is 1. The molecular weight excluding hydrogens is 422 g/mol. The van der Waals surface area contributed by atoms with Gasteiger partial charge in [-0.05, 0) is 57.9 Å². The molecule has 2 aromatic rings. The molecule has 3 N–H and O–H groups in total. The third kappa shape index (κ3) is 4.95. The van der Waals surface area contributed by atoms with Gasteiger partial charge in [-0.3, -0.25) is 0 Å². The number of anilines is 2. The number of fused-ring (bicyclic) bond motifs is 1. The summed E-state index contributed by atoms with van der Waals surface area (Å²) in [5, 5.41) is 14.9. The summed E-state index contributed by atoms with van der Waals surface area (Å²) >= 11 is 0. The number of morpholine rings is 1. The van der Waals surface area contributed by atoms with Crippen molar-refractivity contribution >= 4 is 17.5 Å². The van der Waals surface area contributed by atoms with Crippen molar-refractivity contribution in [1.82, 2.24) is 15.3 Å². The molecule has 4 rings (SSSR count). The van der Waals surface area contributed by atoms with Crippen molar-refractivity contribution in [2.75, 3.05) is 43.1 Å². The van der Waals surface area contributed by atoms with E-state index < -0.39 is 5.60 Å². The molecular formula is C24H33N5O4. The minimum Gasteiger partial charge on any atom is -0.396 e. The number of carbonyl (C=O) groups is 1. The molecule has 1 saturated heterocycles. The Labute approximate surface area is 194 Å². The first-order valence-electron chi connectivity index (χ1n) is 11.6. The van der Waals surface area contributed by atoms with Gasteiger partial charge in [0.25, 0.3) is 0 Å². The summed E-state index contributed by atoms with van der Waals surface area (Å²) in [5.41, 5.74) is 2.89. The van der Waals surface area contributed by atoms with E-state index in [1.54, 1.807) is 0 Å². The number of hydrogen-bond donors (Lipinski definition) is 3. The Bertz CT molecular complexity index is 984. The number of amides is 2. The molecule has 33 heavy (non-hydrogen) atoms. The van der Waals surface area contributed by atoms with Crippen LogP contribution in [0, 0.1) is 0 Å². The Balaban J connectivity index is 1.72. The summed E-state index contributed by atoms with van der Waals surface area (Å²) in [6.07, 6.45) is 1.32. The van der Waals surface area contributed by atoms with Crippen LogP contribution in [0.1, 0.15) is 44.9 Å². The largest absolute Gasteiger partial charge is 0.396 e. The van der Waals surface area contributed by atoms with Crippen molar-refractivity contribution in [2.24, 2.45) is 0 Å². The highest BCUT2D eigenvalue weighted by molar-refractivity contribution is 5.89. The maximum atomic E-state index is 11.8. The molecule has 1 fully saturated rings. The number of nitrogens with one attached hydrogen (secondary N) is 2. The Morgan fingerprint density at radius 2 is 2.09 bits per heavy atom. The van der Waals surface area contributed by atoms with Gasteiger partial charge in [-0.1, -0.05) is 0 Å². The van der Waals surface area contributed by atoms with Gasteiger partial charge in [0.1, 0.15) is 11.4 Å². The second kappa shape index (κ2) is 10.0. The fourth-order valence-corrected chi connectivity index (χ4v) is 4.40. The number of benzene rings is 1. The summed E-state index contributed by atoms with van der Waals surface area (Å²) in [7, 11) is 0. The van der Waals surface area contributed by atoms with Crippen LogP contribution in [0.2, 0.25) is 0 Å². The van der Waals surface area contributed by atoms with E-state index in [-0.39, 0.29) is 18.7 Å². The number of urea groups is 1. The van der Waals surface area contributed by atoms with Crippen LogP contribution in [0.5, 0.6) is 0 Å². The molecule has 1 aromatic heterocycles. The monoisotopic (exact) mass is 455 g/mol. The topological polar surface area (TPSA) is 109 Å². The molecule has 2 aliphatic rings. The van der Waals surface area contributed by atoms with Gasteiger partial charge in [-0.2, -0.15) is 0 Å². The lowest BCUT2D eigenvalue weighted by Crippen LogP contribution is -2.44. The van der Waals surface area contributed by atoms with Gasteiger partial charge in [0.15, 0.2) is 5.82 Å². The van der Waals surface area contributed by atoms with E-state index in [9.17, 15) is 9.90 Å². The first-order chi connectivity index (χ1) is 15.9. The molecule has 0 aliphatic carbocycles. The van der Waals surface area contributed by atoms with Crippen molar-refractivity contribution in [3.63, 3.8) is 0 Å². The second-order valence-corrected chi connectivity index (χ2v) is 8.72. The smallest absolute Gasteiger partial charge is 0.319 e. The lowest BCUT2D eigenvalue weighted by atomic mass is 9.94. The van der Waals surface area contributed by atoms with E-state index in [1.807, 2.05) is 38.1 Å². The van der Waals surface area contributed by atoms with Crippen molar-refractivity contribution in [2.45, 2.75) is 51.9 Å². The average molecular weight is 456 g/mol. The van der Waals surface area contributed by atoms with E-state index in [0.29, 0.717) is 50.7 Å². The first kappa shape index (κ1) is 23.4. The highest BCUT2D eigenvalue weighted by Crippen LogP contribution is 2.43. The number of ether oxygens (including phenoxy) is 2. The first-order valence-corrected chi connectivity index (χ1v) is 11.6. The molecule has 2 unspecified atom stereocenters. The summed E-state index contributed by atoms with van der Waals surface area (Å²) < 4.78 is 11.9. The molecule has 0 saturated carbocycles. The Hall–Kier alpha value is -2.75. The molecule has 0 radical (unpaired) electrons. The number of hydrogen-bond acceptors (Lipinski definition) is 7.